The van der Waals surface area contributed by atoms with E-state index in [1.165, 1.54) is 61.6 Å². The van der Waals surface area contributed by atoms with Gasteiger partial charge in [0.05, 0.1) is 5.66 Å². The molecular weight excluding hydrogens is 250 g/mol. The number of rotatable bonds is 6. The van der Waals surface area contributed by atoms with Crippen molar-refractivity contribution in [2.45, 2.75) is 82.1 Å². The Morgan fingerprint density at radius 2 is 1.68 bits per heavy atom. The van der Waals surface area contributed by atoms with E-state index in [2.05, 4.69) is 29.8 Å². The van der Waals surface area contributed by atoms with Crippen LogP contribution in [0.4, 0.5) is 0 Å². The predicted octanol–water partition coefficient (Wildman–Crippen LogP) is 1.07. The second-order valence-corrected chi connectivity index (χ2v) is 8.66. The monoisotopic (exact) mass is 283 g/mol. The van der Waals surface area contributed by atoms with E-state index in [0.717, 1.165) is 13.1 Å². The molecule has 2 unspecified atom stereocenters. The van der Waals surface area contributed by atoms with Crippen molar-refractivity contribution in [3.63, 3.8) is 0 Å². The van der Waals surface area contributed by atoms with Crippen LogP contribution in [0.15, 0.2) is 0 Å². The molecule has 0 amide bonds. The molecule has 0 aliphatic heterocycles. The highest BCUT2D eigenvalue weighted by atomic mass is 28.1. The number of nitrogens with one attached hydrogen (secondary N) is 3. The SMILES string of the molecule is CCNC1CCCCC1(NCC)NC1([SiH3])CCCC1. The van der Waals surface area contributed by atoms with Crippen LogP contribution in [0.25, 0.3) is 0 Å². The lowest BCUT2D eigenvalue weighted by Crippen LogP contribution is -2.73. The molecule has 2 aliphatic rings. The number of hydrogen-bond donors (Lipinski definition) is 3. The fraction of sp³-hybridized carbons (Fsp3) is 1.00. The molecule has 0 radical (unpaired) electrons. The quantitative estimate of drug-likeness (QED) is 0.504. The standard InChI is InChI=1S/C15H33N3Si/c1-3-16-13-9-5-6-12-15(13,17-4-2)18-14(19)10-7-8-11-14/h13,16-18H,3-12H2,1-2,19H3. The lowest BCUT2D eigenvalue weighted by Gasteiger charge is -2.50. The van der Waals surface area contributed by atoms with Crippen molar-refractivity contribution in [3.05, 3.63) is 0 Å². The third kappa shape index (κ3) is 3.60. The fourth-order valence-electron chi connectivity index (χ4n) is 4.24. The maximum Gasteiger partial charge on any atom is 0.0846 e. The van der Waals surface area contributed by atoms with Crippen molar-refractivity contribution in [3.8, 4) is 0 Å². The molecule has 0 bridgehead atoms. The van der Waals surface area contributed by atoms with Crippen LogP contribution in [0.2, 0.25) is 0 Å². The van der Waals surface area contributed by atoms with Crippen LogP contribution in [-0.2, 0) is 0 Å². The van der Waals surface area contributed by atoms with Crippen molar-refractivity contribution in [2.75, 3.05) is 13.1 Å². The van der Waals surface area contributed by atoms with Gasteiger partial charge in [-0.1, -0.05) is 39.5 Å². The topological polar surface area (TPSA) is 36.1 Å². The van der Waals surface area contributed by atoms with E-state index in [4.69, 9.17) is 0 Å². The second-order valence-electron chi connectivity index (χ2n) is 6.75. The highest BCUT2D eigenvalue weighted by molar-refractivity contribution is 6.15. The van der Waals surface area contributed by atoms with Gasteiger partial charge >= 0.3 is 0 Å². The van der Waals surface area contributed by atoms with E-state index < -0.39 is 0 Å². The van der Waals surface area contributed by atoms with Crippen LogP contribution in [0.5, 0.6) is 0 Å². The van der Waals surface area contributed by atoms with E-state index >= 15 is 0 Å². The zero-order valence-corrected chi connectivity index (χ0v) is 15.1. The molecule has 2 saturated carbocycles. The summed E-state index contributed by atoms with van der Waals surface area (Å²) in [6.45, 7) is 6.62. The summed E-state index contributed by atoms with van der Waals surface area (Å²) >= 11 is 0. The van der Waals surface area contributed by atoms with Crippen LogP contribution in [-0.4, -0.2) is 40.2 Å². The highest BCUT2D eigenvalue weighted by Gasteiger charge is 2.44. The van der Waals surface area contributed by atoms with Crippen molar-refractivity contribution in [2.24, 2.45) is 0 Å². The molecule has 0 heterocycles. The molecule has 0 aromatic rings. The van der Waals surface area contributed by atoms with Crippen molar-refractivity contribution in [1.82, 2.24) is 16.0 Å². The average Bonchev–Trinajstić information content (AvgIpc) is 2.79. The molecule has 3 nitrogen and oxygen atoms in total. The second kappa shape index (κ2) is 6.70. The molecule has 0 spiro atoms. The van der Waals surface area contributed by atoms with E-state index in [-0.39, 0.29) is 5.66 Å². The van der Waals surface area contributed by atoms with E-state index in [1.807, 2.05) is 0 Å². The minimum absolute atomic E-state index is 0.148. The van der Waals surface area contributed by atoms with Gasteiger partial charge in [0.15, 0.2) is 0 Å². The Kier molecular flexibility index (Phi) is 5.46. The summed E-state index contributed by atoms with van der Waals surface area (Å²) in [5.41, 5.74) is 0.148. The Bertz CT molecular complexity index is 273. The molecular formula is C15H33N3Si. The molecule has 2 rings (SSSR count). The van der Waals surface area contributed by atoms with E-state index in [0.29, 0.717) is 11.2 Å². The van der Waals surface area contributed by atoms with Crippen molar-refractivity contribution >= 4 is 10.2 Å². The summed E-state index contributed by atoms with van der Waals surface area (Å²) < 4.78 is 0. The Hall–Kier alpha value is 0.0969. The predicted molar refractivity (Wildman–Crippen MR) is 86.6 cm³/mol. The summed E-state index contributed by atoms with van der Waals surface area (Å²) in [5, 5.41) is 12.2. The summed E-state index contributed by atoms with van der Waals surface area (Å²) in [7, 11) is 1.27. The summed E-state index contributed by atoms with van der Waals surface area (Å²) in [5.74, 6) is 0. The van der Waals surface area contributed by atoms with Gasteiger partial charge in [0.1, 0.15) is 0 Å². The number of hydrogen-bond acceptors (Lipinski definition) is 3. The zero-order chi connectivity index (χ0) is 13.8. The largest absolute Gasteiger partial charge is 0.311 e. The van der Waals surface area contributed by atoms with Gasteiger partial charge < -0.3 is 5.32 Å². The van der Waals surface area contributed by atoms with Crippen LogP contribution in [0.1, 0.15) is 65.2 Å². The third-order valence-electron chi connectivity index (χ3n) is 5.08. The molecule has 112 valence electrons. The molecule has 2 aliphatic carbocycles. The molecule has 0 aromatic carbocycles. The first kappa shape index (κ1) is 15.5. The van der Waals surface area contributed by atoms with Crippen molar-refractivity contribution < 1.29 is 0 Å². The number of likely N-dealkylation sites (N-methyl/N-ethyl adjacent to an activating group) is 2. The maximum atomic E-state index is 4.13. The summed E-state index contributed by atoms with van der Waals surface area (Å²) in [6, 6.07) is 0.595. The average molecular weight is 284 g/mol. The maximum absolute atomic E-state index is 4.13. The Labute approximate surface area is 122 Å². The fourth-order valence-corrected chi connectivity index (χ4v) is 5.39. The summed E-state index contributed by atoms with van der Waals surface area (Å²) in [4.78, 5) is 0. The lowest BCUT2D eigenvalue weighted by molar-refractivity contribution is 0.106. The van der Waals surface area contributed by atoms with Crippen LogP contribution in [0.3, 0.4) is 0 Å². The van der Waals surface area contributed by atoms with Gasteiger partial charge in [0.2, 0.25) is 0 Å². The molecule has 3 N–H and O–H groups in total. The molecule has 0 aromatic heterocycles. The van der Waals surface area contributed by atoms with Gasteiger partial charge in [-0.2, -0.15) is 0 Å². The van der Waals surface area contributed by atoms with Gasteiger partial charge in [-0.05, 0) is 38.8 Å². The molecule has 19 heavy (non-hydrogen) atoms. The van der Waals surface area contributed by atoms with Crippen LogP contribution < -0.4 is 16.0 Å². The normalized spacial score (nSPS) is 34.7. The molecule has 2 atom stereocenters. The van der Waals surface area contributed by atoms with E-state index in [1.54, 1.807) is 0 Å². The smallest absolute Gasteiger partial charge is 0.0846 e. The van der Waals surface area contributed by atoms with Crippen molar-refractivity contribution in [1.29, 1.82) is 0 Å². The summed E-state index contributed by atoms with van der Waals surface area (Å²) in [6.07, 6.45) is 11.0. The molecule has 4 heteroatoms. The third-order valence-corrected chi connectivity index (χ3v) is 6.33. The van der Waals surface area contributed by atoms with E-state index in [9.17, 15) is 0 Å². The molecule has 0 saturated heterocycles. The van der Waals surface area contributed by atoms with Gasteiger partial charge in [0.25, 0.3) is 0 Å². The highest BCUT2D eigenvalue weighted by Crippen LogP contribution is 2.33. The van der Waals surface area contributed by atoms with Gasteiger partial charge in [0, 0.05) is 21.4 Å². The van der Waals surface area contributed by atoms with Gasteiger partial charge in [-0.15, -0.1) is 0 Å². The Morgan fingerprint density at radius 1 is 1.00 bits per heavy atom. The first-order valence-electron chi connectivity index (χ1n) is 8.42. The van der Waals surface area contributed by atoms with Crippen LogP contribution in [0, 0.1) is 0 Å². The first-order chi connectivity index (χ1) is 9.14. The minimum Gasteiger partial charge on any atom is -0.311 e. The Morgan fingerprint density at radius 3 is 2.32 bits per heavy atom. The van der Waals surface area contributed by atoms with Gasteiger partial charge in [-0.3, -0.25) is 10.6 Å². The minimum atomic E-state index is 0.148. The zero-order valence-electron chi connectivity index (χ0n) is 13.1. The Balaban J connectivity index is 2.13. The molecule has 2 fully saturated rings. The van der Waals surface area contributed by atoms with Crippen LogP contribution >= 0.6 is 0 Å². The lowest BCUT2D eigenvalue weighted by atomic mass is 9.83. The van der Waals surface area contributed by atoms with Gasteiger partial charge in [-0.25, -0.2) is 0 Å². The first-order valence-corrected chi connectivity index (χ1v) is 9.42.